The monoisotopic (exact) mass is 387 g/mol. The van der Waals surface area contributed by atoms with Crippen LogP contribution in [0.15, 0.2) is 71.7 Å². The van der Waals surface area contributed by atoms with E-state index in [1.807, 2.05) is 0 Å². The fourth-order valence-electron chi connectivity index (χ4n) is 2.12. The van der Waals surface area contributed by atoms with E-state index in [4.69, 9.17) is 9.47 Å². The average molecular weight is 387 g/mol. The number of sulfonamides is 1. The maximum Gasteiger partial charge on any atom is 0.330 e. The van der Waals surface area contributed by atoms with E-state index in [1.54, 1.807) is 61.5 Å². The van der Waals surface area contributed by atoms with Crippen molar-refractivity contribution in [3.63, 3.8) is 0 Å². The highest BCUT2D eigenvalue weighted by molar-refractivity contribution is 7.92. The molecule has 7 heteroatoms. The molecule has 0 aliphatic heterocycles. The van der Waals surface area contributed by atoms with E-state index in [-0.39, 0.29) is 4.90 Å². The first-order chi connectivity index (χ1) is 12.9. The van der Waals surface area contributed by atoms with Crippen molar-refractivity contribution in [3.8, 4) is 5.75 Å². The van der Waals surface area contributed by atoms with E-state index < -0.39 is 16.0 Å². The highest BCUT2D eigenvalue weighted by atomic mass is 32.2. The summed E-state index contributed by atoms with van der Waals surface area (Å²) < 4.78 is 37.1. The smallest absolute Gasteiger partial charge is 0.330 e. The van der Waals surface area contributed by atoms with Gasteiger partial charge in [0.15, 0.2) is 0 Å². The molecule has 27 heavy (non-hydrogen) atoms. The van der Waals surface area contributed by atoms with Gasteiger partial charge in [0.25, 0.3) is 10.0 Å². The van der Waals surface area contributed by atoms with Gasteiger partial charge in [0, 0.05) is 11.8 Å². The zero-order valence-electron chi connectivity index (χ0n) is 15.1. The van der Waals surface area contributed by atoms with Gasteiger partial charge in [0.1, 0.15) is 5.75 Å². The second-order valence-corrected chi connectivity index (χ2v) is 7.06. The van der Waals surface area contributed by atoms with Crippen LogP contribution in [0.25, 0.3) is 6.08 Å². The lowest BCUT2D eigenvalue weighted by atomic mass is 10.2. The molecule has 2 aromatic rings. The molecule has 0 aliphatic carbocycles. The highest BCUT2D eigenvalue weighted by Gasteiger charge is 2.13. The third-order valence-electron chi connectivity index (χ3n) is 3.45. The molecule has 0 fully saturated rings. The molecule has 6 nitrogen and oxygen atoms in total. The average Bonchev–Trinajstić information content (AvgIpc) is 2.66. The van der Waals surface area contributed by atoms with E-state index >= 15 is 0 Å². The summed E-state index contributed by atoms with van der Waals surface area (Å²) >= 11 is 0. The predicted octanol–water partition coefficient (Wildman–Crippen LogP) is 3.63. The van der Waals surface area contributed by atoms with Crippen LogP contribution in [0.5, 0.6) is 5.75 Å². The van der Waals surface area contributed by atoms with Gasteiger partial charge in [-0.1, -0.05) is 30.4 Å². The van der Waals surface area contributed by atoms with Gasteiger partial charge in [-0.15, -0.1) is 0 Å². The molecule has 0 heterocycles. The highest BCUT2D eigenvalue weighted by Crippen LogP contribution is 2.19. The zero-order valence-corrected chi connectivity index (χ0v) is 15.9. The SMILES string of the molecule is CCOC(=O)C=CC=Cc1ccc(NS(=O)(=O)c2ccc(OC)cc2)cc1. The lowest BCUT2D eigenvalue weighted by Crippen LogP contribution is -2.12. The summed E-state index contributed by atoms with van der Waals surface area (Å²) in [7, 11) is -2.15. The van der Waals surface area contributed by atoms with Crippen molar-refractivity contribution in [2.75, 3.05) is 18.4 Å². The molecule has 0 aliphatic rings. The topological polar surface area (TPSA) is 81.7 Å². The Kier molecular flexibility index (Phi) is 7.19. The van der Waals surface area contributed by atoms with Gasteiger partial charge in [-0.25, -0.2) is 13.2 Å². The lowest BCUT2D eigenvalue weighted by Gasteiger charge is -2.09. The molecule has 2 rings (SSSR count). The zero-order chi connectivity index (χ0) is 19.7. The molecular weight excluding hydrogens is 366 g/mol. The Bertz CT molecular complexity index is 914. The van der Waals surface area contributed by atoms with Crippen molar-refractivity contribution in [2.45, 2.75) is 11.8 Å². The Morgan fingerprint density at radius 1 is 1.04 bits per heavy atom. The van der Waals surface area contributed by atoms with Crippen LogP contribution < -0.4 is 9.46 Å². The normalized spacial score (nSPS) is 11.6. The van der Waals surface area contributed by atoms with Crippen molar-refractivity contribution in [2.24, 2.45) is 0 Å². The number of nitrogens with one attached hydrogen (secondary N) is 1. The van der Waals surface area contributed by atoms with Gasteiger partial charge in [0.2, 0.25) is 0 Å². The molecule has 1 N–H and O–H groups in total. The van der Waals surface area contributed by atoms with E-state index in [2.05, 4.69) is 4.72 Å². The molecule has 142 valence electrons. The number of carbonyl (C=O) groups excluding carboxylic acids is 1. The summed E-state index contributed by atoms with van der Waals surface area (Å²) in [5, 5.41) is 0. The summed E-state index contributed by atoms with van der Waals surface area (Å²) in [5.41, 5.74) is 1.31. The van der Waals surface area contributed by atoms with Crippen LogP contribution in [0.1, 0.15) is 12.5 Å². The second kappa shape index (κ2) is 9.59. The Labute approximate surface area is 159 Å². The van der Waals surface area contributed by atoms with E-state index in [0.29, 0.717) is 18.0 Å². The number of allylic oxidation sites excluding steroid dienone is 2. The molecule has 0 bridgehead atoms. The number of carbonyl (C=O) groups is 1. The number of anilines is 1. The van der Waals surface area contributed by atoms with E-state index in [9.17, 15) is 13.2 Å². The number of hydrogen-bond acceptors (Lipinski definition) is 5. The molecule has 0 saturated heterocycles. The van der Waals surface area contributed by atoms with Gasteiger partial charge in [-0.3, -0.25) is 4.72 Å². The Hall–Kier alpha value is -3.06. The van der Waals surface area contributed by atoms with Gasteiger partial charge in [-0.2, -0.15) is 0 Å². The minimum absolute atomic E-state index is 0.149. The number of ether oxygens (including phenoxy) is 2. The van der Waals surface area contributed by atoms with Crippen LogP contribution in [0.4, 0.5) is 5.69 Å². The van der Waals surface area contributed by atoms with Crippen LogP contribution in [0.2, 0.25) is 0 Å². The number of benzene rings is 2. The molecule has 0 atom stereocenters. The molecule has 0 saturated carbocycles. The van der Waals surface area contributed by atoms with Crippen LogP contribution in [-0.2, 0) is 19.6 Å². The fraction of sp³-hybridized carbons (Fsp3) is 0.150. The first kappa shape index (κ1) is 20.3. The quantitative estimate of drug-likeness (QED) is 0.425. The molecule has 0 amide bonds. The van der Waals surface area contributed by atoms with Crippen LogP contribution >= 0.6 is 0 Å². The lowest BCUT2D eigenvalue weighted by molar-refractivity contribution is -0.137. The minimum atomic E-state index is -3.67. The summed E-state index contributed by atoms with van der Waals surface area (Å²) in [6, 6.07) is 13.0. The van der Waals surface area contributed by atoms with Crippen LogP contribution in [0.3, 0.4) is 0 Å². The first-order valence-electron chi connectivity index (χ1n) is 8.23. The van der Waals surface area contributed by atoms with E-state index in [0.717, 1.165) is 5.56 Å². The fourth-order valence-corrected chi connectivity index (χ4v) is 3.18. The number of hydrogen-bond donors (Lipinski definition) is 1. The van der Waals surface area contributed by atoms with Crippen molar-refractivity contribution in [1.29, 1.82) is 0 Å². The standard InChI is InChI=1S/C20H21NO5S/c1-3-26-20(22)7-5-4-6-16-8-10-17(11-9-16)21-27(23,24)19-14-12-18(25-2)13-15-19/h4-15,21H,3H2,1-2H3. The third-order valence-corrected chi connectivity index (χ3v) is 4.85. The van der Waals surface area contributed by atoms with Crippen LogP contribution in [-0.4, -0.2) is 28.1 Å². The van der Waals surface area contributed by atoms with Gasteiger partial charge in [0.05, 0.1) is 18.6 Å². The number of esters is 1. The van der Waals surface area contributed by atoms with Gasteiger partial charge in [-0.05, 0) is 48.9 Å². The van der Waals surface area contributed by atoms with Crippen molar-refractivity contribution in [3.05, 3.63) is 72.3 Å². The summed E-state index contributed by atoms with van der Waals surface area (Å²) in [5.74, 6) is 0.188. The predicted molar refractivity (Wildman–Crippen MR) is 105 cm³/mol. The van der Waals surface area contributed by atoms with Crippen LogP contribution in [0, 0.1) is 0 Å². The van der Waals surface area contributed by atoms with Gasteiger partial charge < -0.3 is 9.47 Å². The molecular formula is C20H21NO5S. The minimum Gasteiger partial charge on any atom is -0.497 e. The van der Waals surface area contributed by atoms with Gasteiger partial charge >= 0.3 is 5.97 Å². The number of rotatable bonds is 8. The Balaban J connectivity index is 2.01. The molecule has 0 unspecified atom stereocenters. The molecule has 0 radical (unpaired) electrons. The first-order valence-corrected chi connectivity index (χ1v) is 9.71. The largest absolute Gasteiger partial charge is 0.497 e. The Morgan fingerprint density at radius 3 is 2.30 bits per heavy atom. The molecule has 0 aromatic heterocycles. The van der Waals surface area contributed by atoms with Crippen molar-refractivity contribution in [1.82, 2.24) is 0 Å². The summed E-state index contributed by atoms with van der Waals surface area (Å²) in [6.45, 7) is 2.08. The summed E-state index contributed by atoms with van der Waals surface area (Å²) in [6.07, 6.45) is 6.40. The maximum absolute atomic E-state index is 12.4. The number of methoxy groups -OCH3 is 1. The van der Waals surface area contributed by atoms with Crippen molar-refractivity contribution < 1.29 is 22.7 Å². The summed E-state index contributed by atoms with van der Waals surface area (Å²) in [4.78, 5) is 11.3. The molecule has 0 spiro atoms. The third kappa shape index (κ3) is 6.31. The maximum atomic E-state index is 12.4. The van der Waals surface area contributed by atoms with Crippen molar-refractivity contribution >= 4 is 27.8 Å². The second-order valence-electron chi connectivity index (χ2n) is 5.37. The Morgan fingerprint density at radius 2 is 1.70 bits per heavy atom. The molecule has 2 aromatic carbocycles. The van der Waals surface area contributed by atoms with E-state index in [1.165, 1.54) is 25.3 Å².